The van der Waals surface area contributed by atoms with Gasteiger partial charge < -0.3 is 28.5 Å². The van der Waals surface area contributed by atoms with E-state index >= 15 is 0 Å². The van der Waals surface area contributed by atoms with Gasteiger partial charge in [0.05, 0.1) is 47.0 Å². The van der Waals surface area contributed by atoms with Crippen LogP contribution >= 0.6 is 23.2 Å². The molecule has 220 valence electrons. The summed E-state index contributed by atoms with van der Waals surface area (Å²) in [5.41, 5.74) is 1.76. The van der Waals surface area contributed by atoms with Crippen molar-refractivity contribution >= 4 is 46.1 Å². The number of carboxylic acids is 1. The first-order valence-corrected chi connectivity index (χ1v) is 14.4. The van der Waals surface area contributed by atoms with Crippen LogP contribution in [-0.4, -0.2) is 79.7 Å². The quantitative estimate of drug-likeness (QED) is 0.285. The summed E-state index contributed by atoms with van der Waals surface area (Å²) in [4.78, 5) is 37.9. The highest BCUT2D eigenvalue weighted by Gasteiger charge is 2.31. The molecule has 13 heteroatoms. The van der Waals surface area contributed by atoms with E-state index in [-0.39, 0.29) is 41.9 Å². The standard InChI is InChI=1S/C29H29Cl2N5O6/c1-17-13-35(28(37)25-12-32-27(42-25)16-41-24-5-3-19(30)11-21(24)31)8-7-34(17)15-26-33-22-4-2-18(29(38)39)10-23(22)36(26)14-20-6-9-40-20/h2-5,10-12,17,20H,6-9,13-16H2,1H3,(H,38,39)/t17-,20-/m0/s1. The number of imidazole rings is 1. The molecule has 4 heterocycles. The Labute approximate surface area is 251 Å². The number of fused-ring (bicyclic) bond motifs is 1. The number of hydrogen-bond donors (Lipinski definition) is 1. The smallest absolute Gasteiger partial charge is 0.335 e. The zero-order chi connectivity index (χ0) is 29.4. The van der Waals surface area contributed by atoms with Gasteiger partial charge in [-0.1, -0.05) is 23.2 Å². The highest BCUT2D eigenvalue weighted by molar-refractivity contribution is 6.35. The highest BCUT2D eigenvalue weighted by Crippen LogP contribution is 2.28. The maximum Gasteiger partial charge on any atom is 0.335 e. The summed E-state index contributed by atoms with van der Waals surface area (Å²) >= 11 is 12.1. The number of nitrogens with zero attached hydrogens (tertiary/aromatic N) is 5. The maximum absolute atomic E-state index is 13.2. The van der Waals surface area contributed by atoms with E-state index in [0.717, 1.165) is 29.9 Å². The van der Waals surface area contributed by atoms with E-state index in [2.05, 4.69) is 21.4 Å². The van der Waals surface area contributed by atoms with Gasteiger partial charge in [-0.2, -0.15) is 0 Å². The molecule has 2 aromatic carbocycles. The number of aromatic nitrogens is 3. The van der Waals surface area contributed by atoms with Crippen LogP contribution in [0.1, 0.15) is 46.0 Å². The topological polar surface area (TPSA) is 123 Å². The molecule has 0 spiro atoms. The molecule has 0 aliphatic carbocycles. The van der Waals surface area contributed by atoms with Crippen LogP contribution in [0, 0.1) is 0 Å². The van der Waals surface area contributed by atoms with E-state index in [9.17, 15) is 14.7 Å². The largest absolute Gasteiger partial charge is 0.482 e. The molecule has 4 aromatic rings. The summed E-state index contributed by atoms with van der Waals surface area (Å²) in [6.45, 7) is 5.63. The van der Waals surface area contributed by atoms with Crippen LogP contribution in [0.2, 0.25) is 10.0 Å². The Morgan fingerprint density at radius 1 is 1.17 bits per heavy atom. The van der Waals surface area contributed by atoms with Crippen molar-refractivity contribution in [3.63, 3.8) is 0 Å². The van der Waals surface area contributed by atoms with Gasteiger partial charge in [-0.05, 0) is 49.7 Å². The molecule has 0 bridgehead atoms. The fraction of sp³-hybridized carbons (Fsp3) is 0.379. The summed E-state index contributed by atoms with van der Waals surface area (Å²) in [7, 11) is 0. The van der Waals surface area contributed by atoms with Gasteiger partial charge >= 0.3 is 5.97 Å². The van der Waals surface area contributed by atoms with Gasteiger partial charge in [-0.3, -0.25) is 9.69 Å². The minimum absolute atomic E-state index is 0.0136. The first-order chi connectivity index (χ1) is 20.2. The van der Waals surface area contributed by atoms with Crippen molar-refractivity contribution < 1.29 is 28.6 Å². The van der Waals surface area contributed by atoms with E-state index in [1.807, 2.05) is 0 Å². The predicted molar refractivity (Wildman–Crippen MR) is 154 cm³/mol. The van der Waals surface area contributed by atoms with Gasteiger partial charge in [-0.25, -0.2) is 14.8 Å². The Bertz CT molecular complexity index is 1630. The van der Waals surface area contributed by atoms with Crippen molar-refractivity contribution in [1.29, 1.82) is 0 Å². The van der Waals surface area contributed by atoms with Crippen molar-refractivity contribution in [3.8, 4) is 5.75 Å². The molecule has 1 amide bonds. The van der Waals surface area contributed by atoms with E-state index in [0.29, 0.717) is 48.5 Å². The first-order valence-electron chi connectivity index (χ1n) is 13.6. The number of piperazine rings is 1. The van der Waals surface area contributed by atoms with Gasteiger partial charge in [-0.15, -0.1) is 0 Å². The Kier molecular flexibility index (Phi) is 8.09. The number of carbonyl (C=O) groups excluding carboxylic acids is 1. The Hall–Kier alpha value is -3.64. The number of benzene rings is 2. The Morgan fingerprint density at radius 3 is 2.71 bits per heavy atom. The van der Waals surface area contributed by atoms with E-state index in [1.54, 1.807) is 41.3 Å². The number of amides is 1. The van der Waals surface area contributed by atoms with E-state index < -0.39 is 5.97 Å². The summed E-state index contributed by atoms with van der Waals surface area (Å²) in [5, 5.41) is 10.4. The van der Waals surface area contributed by atoms with Crippen molar-refractivity contribution in [3.05, 3.63) is 75.7 Å². The molecule has 2 aliphatic heterocycles. The monoisotopic (exact) mass is 613 g/mol. The molecule has 1 N–H and O–H groups in total. The summed E-state index contributed by atoms with van der Waals surface area (Å²) in [6, 6.07) is 9.95. The van der Waals surface area contributed by atoms with Crippen LogP contribution < -0.4 is 4.74 Å². The SMILES string of the molecule is C[C@H]1CN(C(=O)c2cnc(COc3ccc(Cl)cc3Cl)o2)CCN1Cc1nc2ccc(C(=O)O)cc2n1C[C@@H]1CCO1. The fourth-order valence-corrected chi connectivity index (χ4v) is 5.68. The number of ether oxygens (including phenoxy) is 2. The molecule has 0 radical (unpaired) electrons. The normalized spacial score (nSPS) is 19.2. The number of carbonyl (C=O) groups is 2. The lowest BCUT2D eigenvalue weighted by molar-refractivity contribution is -0.0593. The summed E-state index contributed by atoms with van der Waals surface area (Å²) in [6.07, 6.45) is 2.46. The molecule has 11 nitrogen and oxygen atoms in total. The van der Waals surface area contributed by atoms with Crippen molar-refractivity contribution in [1.82, 2.24) is 24.3 Å². The number of aromatic carboxylic acids is 1. The highest BCUT2D eigenvalue weighted by atomic mass is 35.5. The molecule has 2 aromatic heterocycles. The molecule has 2 fully saturated rings. The first kappa shape index (κ1) is 28.5. The van der Waals surface area contributed by atoms with E-state index in [1.165, 1.54) is 6.20 Å². The molecule has 6 rings (SSSR count). The number of rotatable bonds is 9. The van der Waals surface area contributed by atoms with Gasteiger partial charge in [0.15, 0.2) is 6.61 Å². The van der Waals surface area contributed by atoms with Crippen LogP contribution in [0.4, 0.5) is 0 Å². The van der Waals surface area contributed by atoms with Crippen LogP contribution in [0.25, 0.3) is 11.0 Å². The molecule has 2 atom stereocenters. The van der Waals surface area contributed by atoms with Crippen molar-refractivity contribution in [2.75, 3.05) is 26.2 Å². The minimum atomic E-state index is -0.974. The van der Waals surface area contributed by atoms with Gasteiger partial charge in [0.1, 0.15) is 11.6 Å². The lowest BCUT2D eigenvalue weighted by Crippen LogP contribution is -2.53. The molecule has 2 saturated heterocycles. The Balaban J connectivity index is 1.10. The average molecular weight is 614 g/mol. The minimum Gasteiger partial charge on any atom is -0.482 e. The third-order valence-electron chi connectivity index (χ3n) is 7.66. The van der Waals surface area contributed by atoms with Crippen molar-refractivity contribution in [2.24, 2.45) is 0 Å². The molecule has 42 heavy (non-hydrogen) atoms. The lowest BCUT2D eigenvalue weighted by atomic mass is 10.1. The maximum atomic E-state index is 13.2. The fourth-order valence-electron chi connectivity index (χ4n) is 5.22. The van der Waals surface area contributed by atoms with Gasteiger partial charge in [0.25, 0.3) is 5.91 Å². The molecule has 2 aliphatic rings. The second-order valence-corrected chi connectivity index (χ2v) is 11.3. The Morgan fingerprint density at radius 2 is 2.00 bits per heavy atom. The second-order valence-electron chi connectivity index (χ2n) is 10.5. The number of halogens is 2. The molecular weight excluding hydrogens is 585 g/mol. The third kappa shape index (κ3) is 5.96. The van der Waals surface area contributed by atoms with E-state index in [4.69, 9.17) is 42.1 Å². The van der Waals surface area contributed by atoms with Gasteiger partial charge in [0, 0.05) is 37.3 Å². The lowest BCUT2D eigenvalue weighted by Gasteiger charge is -2.39. The second kappa shape index (κ2) is 11.9. The molecular formula is C29H29Cl2N5O6. The van der Waals surface area contributed by atoms with Gasteiger partial charge in [0.2, 0.25) is 11.7 Å². The number of hydrogen-bond acceptors (Lipinski definition) is 8. The van der Waals surface area contributed by atoms with Crippen LogP contribution in [-0.2, 0) is 24.4 Å². The number of oxazole rings is 1. The number of carboxylic acid groups (broad SMARTS) is 1. The molecule has 0 saturated carbocycles. The predicted octanol–water partition coefficient (Wildman–Crippen LogP) is 4.74. The third-order valence-corrected chi connectivity index (χ3v) is 8.19. The average Bonchev–Trinajstić information content (AvgIpc) is 3.55. The van der Waals surface area contributed by atoms with Crippen molar-refractivity contribution in [2.45, 2.75) is 45.2 Å². The molecule has 0 unspecified atom stereocenters. The summed E-state index contributed by atoms with van der Waals surface area (Å²) < 4.78 is 19.1. The summed E-state index contributed by atoms with van der Waals surface area (Å²) in [5.74, 6) is 0.478. The zero-order valence-corrected chi connectivity index (χ0v) is 24.3. The van der Waals surface area contributed by atoms with Crippen LogP contribution in [0.15, 0.2) is 47.0 Å². The van der Waals surface area contributed by atoms with Crippen LogP contribution in [0.5, 0.6) is 5.75 Å². The van der Waals surface area contributed by atoms with Crippen LogP contribution in [0.3, 0.4) is 0 Å². The zero-order valence-electron chi connectivity index (χ0n) is 22.8.